The molecule has 0 aliphatic heterocycles. The van der Waals surface area contributed by atoms with Crippen LogP contribution in [0.3, 0.4) is 0 Å². The summed E-state index contributed by atoms with van der Waals surface area (Å²) in [6, 6.07) is 0. The summed E-state index contributed by atoms with van der Waals surface area (Å²) in [6.07, 6.45) is 0. The molecule has 0 amide bonds. The van der Waals surface area contributed by atoms with Gasteiger partial charge in [0, 0.05) is 0 Å². The highest BCUT2D eigenvalue weighted by Gasteiger charge is 2.29. The summed E-state index contributed by atoms with van der Waals surface area (Å²) >= 11 is 7.40. The van der Waals surface area contributed by atoms with Gasteiger partial charge in [-0.25, -0.2) is 0 Å². The lowest BCUT2D eigenvalue weighted by Crippen LogP contribution is -2.31. The van der Waals surface area contributed by atoms with E-state index in [-0.39, 0.29) is 0 Å². The van der Waals surface area contributed by atoms with Gasteiger partial charge >= 0.3 is 0 Å². The SMILES string of the molecule is C=C[Si](C)(C)C[Si](C)(Br)Br. The fourth-order valence-corrected chi connectivity index (χ4v) is 20.9. The molecule has 0 aliphatic rings. The number of halogens is 2. The van der Waals surface area contributed by atoms with Crippen LogP contribution in [0.2, 0.25) is 25.3 Å². The summed E-state index contributed by atoms with van der Waals surface area (Å²) in [5.41, 5.74) is 3.46. The molecule has 0 saturated heterocycles. The Labute approximate surface area is 81.3 Å². The number of hydrogen-bond donors (Lipinski definition) is 0. The summed E-state index contributed by atoms with van der Waals surface area (Å²) in [7, 11) is -1.08. The van der Waals surface area contributed by atoms with Crippen LogP contribution in [0, 0.1) is 0 Å². The molecule has 0 saturated carbocycles. The molecule has 0 unspecified atom stereocenters. The molecule has 0 aromatic rings. The van der Waals surface area contributed by atoms with Crippen LogP contribution < -0.4 is 0 Å². The van der Waals surface area contributed by atoms with Crippen molar-refractivity contribution < 1.29 is 0 Å². The monoisotopic (exact) mass is 300 g/mol. The minimum Gasteiger partial charge on any atom is -0.112 e. The molecule has 0 atom stereocenters. The van der Waals surface area contributed by atoms with Gasteiger partial charge in [-0.1, -0.05) is 19.6 Å². The van der Waals surface area contributed by atoms with E-state index in [2.05, 4.69) is 62.5 Å². The first-order valence-corrected chi connectivity index (χ1v) is 13.8. The van der Waals surface area contributed by atoms with Crippen LogP contribution in [0.4, 0.5) is 0 Å². The zero-order valence-electron chi connectivity index (χ0n) is 6.75. The predicted octanol–water partition coefficient (Wildman–Crippen LogP) is 3.82. The molecule has 0 radical (unpaired) electrons. The third-order valence-electron chi connectivity index (χ3n) is 1.32. The van der Waals surface area contributed by atoms with Crippen molar-refractivity contribution in [2.45, 2.75) is 25.3 Å². The Morgan fingerprint density at radius 2 is 1.70 bits per heavy atom. The van der Waals surface area contributed by atoms with Crippen molar-refractivity contribution in [3.8, 4) is 0 Å². The summed E-state index contributed by atoms with van der Waals surface area (Å²) in [5.74, 6) is 0. The molecule has 0 spiro atoms. The highest BCUT2D eigenvalue weighted by atomic mass is 79.9. The van der Waals surface area contributed by atoms with E-state index >= 15 is 0 Å². The van der Waals surface area contributed by atoms with E-state index < -0.39 is 13.4 Å². The summed E-state index contributed by atoms with van der Waals surface area (Å²) in [5, 5.41) is -1.20. The smallest absolute Gasteiger partial charge is 0.112 e. The van der Waals surface area contributed by atoms with Gasteiger partial charge in [-0.05, 0) is 5.67 Å². The quantitative estimate of drug-likeness (QED) is 0.549. The molecular weight excluding hydrogens is 288 g/mol. The molecule has 0 heterocycles. The Bertz CT molecular complexity index is 126. The zero-order valence-corrected chi connectivity index (χ0v) is 11.9. The third-order valence-corrected chi connectivity index (χ3v) is 13.6. The molecule has 0 aromatic heterocycles. The number of rotatable bonds is 3. The summed E-state index contributed by atoms with van der Waals surface area (Å²) < 4.78 is 0. The maximum Gasteiger partial charge on any atom is 0.195 e. The molecule has 0 N–H and O–H groups in total. The van der Waals surface area contributed by atoms with Crippen molar-refractivity contribution in [1.29, 1.82) is 0 Å². The van der Waals surface area contributed by atoms with Gasteiger partial charge in [-0.2, -0.15) is 0 Å². The second-order valence-electron chi connectivity index (χ2n) is 3.44. The lowest BCUT2D eigenvalue weighted by Gasteiger charge is -2.22. The molecule has 0 bridgehead atoms. The van der Waals surface area contributed by atoms with Crippen LogP contribution in [-0.2, 0) is 0 Å². The van der Waals surface area contributed by atoms with Gasteiger partial charge in [0.2, 0.25) is 0 Å². The van der Waals surface area contributed by atoms with Crippen LogP contribution in [0.1, 0.15) is 0 Å². The van der Waals surface area contributed by atoms with Crippen molar-refractivity contribution in [2.75, 3.05) is 0 Å². The molecule has 0 rings (SSSR count). The van der Waals surface area contributed by atoms with Crippen LogP contribution in [0.15, 0.2) is 12.3 Å². The Morgan fingerprint density at radius 1 is 1.30 bits per heavy atom. The van der Waals surface area contributed by atoms with Gasteiger partial charge in [0.25, 0.3) is 0 Å². The Kier molecular flexibility index (Phi) is 4.11. The van der Waals surface area contributed by atoms with Gasteiger partial charge in [-0.15, -0.1) is 42.9 Å². The second-order valence-corrected chi connectivity index (χ2v) is 25.1. The summed E-state index contributed by atoms with van der Waals surface area (Å²) in [6.45, 7) is 10.8. The highest BCUT2D eigenvalue weighted by Crippen LogP contribution is 2.30. The Balaban J connectivity index is 4.01. The fourth-order valence-electron chi connectivity index (χ4n) is 0.872. The van der Waals surface area contributed by atoms with Crippen molar-refractivity contribution in [1.82, 2.24) is 0 Å². The van der Waals surface area contributed by atoms with Crippen LogP contribution >= 0.6 is 30.6 Å². The zero-order chi connectivity index (χ0) is 8.41. The van der Waals surface area contributed by atoms with E-state index in [1.54, 1.807) is 0 Å². The van der Waals surface area contributed by atoms with E-state index in [0.29, 0.717) is 0 Å². The molecule has 0 fully saturated rings. The lowest BCUT2D eigenvalue weighted by molar-refractivity contribution is 1.67. The van der Waals surface area contributed by atoms with Gasteiger partial charge in [0.05, 0.1) is 8.07 Å². The van der Waals surface area contributed by atoms with Crippen LogP contribution in [0.5, 0.6) is 0 Å². The van der Waals surface area contributed by atoms with Crippen LogP contribution in [0.25, 0.3) is 0 Å². The fraction of sp³-hybridized carbons (Fsp3) is 0.667. The Hall–Kier alpha value is 1.13. The van der Waals surface area contributed by atoms with Crippen molar-refractivity contribution in [3.05, 3.63) is 12.3 Å². The number of hydrogen-bond acceptors (Lipinski definition) is 0. The second kappa shape index (κ2) is 3.69. The maximum absolute atomic E-state index is 3.86. The van der Waals surface area contributed by atoms with Crippen LogP contribution in [-0.4, -0.2) is 13.4 Å². The predicted molar refractivity (Wildman–Crippen MR) is 62.0 cm³/mol. The minimum absolute atomic E-state index is 1.08. The highest BCUT2D eigenvalue weighted by molar-refractivity contribution is 9.51. The maximum atomic E-state index is 3.86. The van der Waals surface area contributed by atoms with E-state index in [1.165, 1.54) is 5.67 Å². The third kappa shape index (κ3) is 5.88. The average molecular weight is 302 g/mol. The van der Waals surface area contributed by atoms with Crippen molar-refractivity contribution in [3.63, 3.8) is 0 Å². The minimum atomic E-state index is -1.20. The molecular formula is C6H14Br2Si2. The lowest BCUT2D eigenvalue weighted by atomic mass is 11.3. The molecule has 10 heavy (non-hydrogen) atoms. The first kappa shape index (κ1) is 11.1. The van der Waals surface area contributed by atoms with Gasteiger partial charge in [0.15, 0.2) is 5.31 Å². The van der Waals surface area contributed by atoms with E-state index in [9.17, 15) is 0 Å². The summed E-state index contributed by atoms with van der Waals surface area (Å²) in [4.78, 5) is 0. The van der Waals surface area contributed by atoms with Gasteiger partial charge in [-0.3, -0.25) is 0 Å². The Morgan fingerprint density at radius 3 is 1.80 bits per heavy atom. The standard InChI is InChI=1S/C6H14Br2Si2/c1-5-9(2,3)6-10(4,7)8/h5H,1,6H2,2-4H3. The van der Waals surface area contributed by atoms with Crippen molar-refractivity contribution >= 4 is 44.0 Å². The van der Waals surface area contributed by atoms with Crippen molar-refractivity contribution in [2.24, 2.45) is 0 Å². The van der Waals surface area contributed by atoms with E-state index in [1.807, 2.05) is 0 Å². The molecule has 0 aromatic carbocycles. The first-order valence-electron chi connectivity index (χ1n) is 3.28. The van der Waals surface area contributed by atoms with E-state index in [0.717, 1.165) is 0 Å². The van der Waals surface area contributed by atoms with Gasteiger partial charge in [0.1, 0.15) is 0 Å². The largest absolute Gasteiger partial charge is 0.195 e. The first-order chi connectivity index (χ1) is 4.27. The molecule has 60 valence electrons. The molecule has 0 aliphatic carbocycles. The van der Waals surface area contributed by atoms with Gasteiger partial charge < -0.3 is 0 Å². The topological polar surface area (TPSA) is 0 Å². The average Bonchev–Trinajstić information content (AvgIpc) is 1.60. The van der Waals surface area contributed by atoms with E-state index in [4.69, 9.17) is 0 Å². The normalized spacial score (nSPS) is 13.3. The molecule has 0 nitrogen and oxygen atoms in total. The molecule has 4 heteroatoms.